The standard InChI is InChI=1S/C16H22ClN3O2/c17-14-6-4-5-13(11-14)7-8-18-16(22)19-12-15(21)20-9-2-1-3-10-20/h4-6,11H,1-3,7-10,12H2,(H2,18,19,22). The molecule has 120 valence electrons. The van der Waals surface area contributed by atoms with Crippen LogP contribution in [0.2, 0.25) is 5.02 Å². The molecule has 5 nitrogen and oxygen atoms in total. The molecular formula is C16H22ClN3O2. The molecule has 1 fully saturated rings. The van der Waals surface area contributed by atoms with Gasteiger partial charge < -0.3 is 15.5 Å². The van der Waals surface area contributed by atoms with E-state index in [0.29, 0.717) is 18.0 Å². The van der Waals surface area contributed by atoms with E-state index in [9.17, 15) is 9.59 Å². The molecule has 0 saturated carbocycles. The number of benzene rings is 1. The van der Waals surface area contributed by atoms with Crippen LogP contribution in [0.1, 0.15) is 24.8 Å². The van der Waals surface area contributed by atoms with Gasteiger partial charge in [0, 0.05) is 24.7 Å². The molecule has 0 atom stereocenters. The molecule has 22 heavy (non-hydrogen) atoms. The van der Waals surface area contributed by atoms with Crippen molar-refractivity contribution >= 4 is 23.5 Å². The summed E-state index contributed by atoms with van der Waals surface area (Å²) in [6.07, 6.45) is 3.99. The lowest BCUT2D eigenvalue weighted by Crippen LogP contribution is -2.45. The van der Waals surface area contributed by atoms with Crippen LogP contribution in [0.25, 0.3) is 0 Å². The van der Waals surface area contributed by atoms with Gasteiger partial charge in [-0.05, 0) is 43.4 Å². The highest BCUT2D eigenvalue weighted by Crippen LogP contribution is 2.10. The summed E-state index contributed by atoms with van der Waals surface area (Å²) in [5.41, 5.74) is 1.07. The molecule has 1 saturated heterocycles. The number of nitrogens with zero attached hydrogens (tertiary/aromatic N) is 1. The van der Waals surface area contributed by atoms with Crippen LogP contribution in [0.4, 0.5) is 4.79 Å². The third-order valence-electron chi connectivity index (χ3n) is 3.70. The van der Waals surface area contributed by atoms with Crippen LogP contribution in [-0.2, 0) is 11.2 Å². The Balaban J connectivity index is 1.62. The SMILES string of the molecule is O=C(NCCc1cccc(Cl)c1)NCC(=O)N1CCCCC1. The van der Waals surface area contributed by atoms with Gasteiger partial charge in [0.1, 0.15) is 0 Å². The molecule has 2 rings (SSSR count). The number of rotatable bonds is 5. The van der Waals surface area contributed by atoms with Gasteiger partial charge in [-0.25, -0.2) is 4.79 Å². The van der Waals surface area contributed by atoms with Crippen molar-refractivity contribution in [1.82, 2.24) is 15.5 Å². The van der Waals surface area contributed by atoms with Gasteiger partial charge in [0.25, 0.3) is 0 Å². The Labute approximate surface area is 136 Å². The number of nitrogens with one attached hydrogen (secondary N) is 2. The molecule has 0 spiro atoms. The molecule has 6 heteroatoms. The van der Waals surface area contributed by atoms with E-state index in [1.807, 2.05) is 29.2 Å². The minimum atomic E-state index is -0.313. The molecular weight excluding hydrogens is 302 g/mol. The third kappa shape index (κ3) is 5.56. The first-order chi connectivity index (χ1) is 10.6. The normalized spacial score (nSPS) is 14.5. The summed E-state index contributed by atoms with van der Waals surface area (Å²) in [6, 6.07) is 7.23. The number of piperidine rings is 1. The molecule has 1 aliphatic heterocycles. The highest BCUT2D eigenvalue weighted by molar-refractivity contribution is 6.30. The zero-order chi connectivity index (χ0) is 15.8. The van der Waals surface area contributed by atoms with Gasteiger partial charge in [0.15, 0.2) is 0 Å². The summed E-state index contributed by atoms with van der Waals surface area (Å²) < 4.78 is 0. The topological polar surface area (TPSA) is 61.4 Å². The molecule has 3 amide bonds. The van der Waals surface area contributed by atoms with Gasteiger partial charge in [0.2, 0.25) is 5.91 Å². The average molecular weight is 324 g/mol. The van der Waals surface area contributed by atoms with Crippen LogP contribution in [-0.4, -0.2) is 43.0 Å². The number of carbonyl (C=O) groups excluding carboxylic acids is 2. The number of hydrogen-bond donors (Lipinski definition) is 2. The minimum Gasteiger partial charge on any atom is -0.341 e. The van der Waals surface area contributed by atoms with Crippen molar-refractivity contribution < 1.29 is 9.59 Å². The summed E-state index contributed by atoms with van der Waals surface area (Å²) >= 11 is 5.90. The Morgan fingerprint density at radius 1 is 1.14 bits per heavy atom. The van der Waals surface area contributed by atoms with Crippen molar-refractivity contribution in [2.24, 2.45) is 0 Å². The van der Waals surface area contributed by atoms with E-state index in [4.69, 9.17) is 11.6 Å². The number of amides is 3. The van der Waals surface area contributed by atoms with Crippen molar-refractivity contribution in [3.63, 3.8) is 0 Å². The van der Waals surface area contributed by atoms with Gasteiger partial charge in [-0.2, -0.15) is 0 Å². The van der Waals surface area contributed by atoms with Crippen LogP contribution in [0.5, 0.6) is 0 Å². The molecule has 2 N–H and O–H groups in total. The summed E-state index contributed by atoms with van der Waals surface area (Å²) in [4.78, 5) is 25.4. The highest BCUT2D eigenvalue weighted by atomic mass is 35.5. The van der Waals surface area contributed by atoms with E-state index < -0.39 is 0 Å². The van der Waals surface area contributed by atoms with Crippen molar-refractivity contribution in [2.45, 2.75) is 25.7 Å². The zero-order valence-electron chi connectivity index (χ0n) is 12.6. The molecule has 0 aromatic heterocycles. The Morgan fingerprint density at radius 2 is 1.91 bits per heavy atom. The Hall–Kier alpha value is -1.75. The third-order valence-corrected chi connectivity index (χ3v) is 3.93. The second-order valence-corrected chi connectivity index (χ2v) is 5.87. The molecule has 1 aliphatic rings. The summed E-state index contributed by atoms with van der Waals surface area (Å²) in [5, 5.41) is 6.04. The fraction of sp³-hybridized carbons (Fsp3) is 0.500. The Morgan fingerprint density at radius 3 is 2.64 bits per heavy atom. The van der Waals surface area contributed by atoms with E-state index in [0.717, 1.165) is 31.5 Å². The maximum absolute atomic E-state index is 11.9. The van der Waals surface area contributed by atoms with Crippen LogP contribution < -0.4 is 10.6 Å². The minimum absolute atomic E-state index is 0.00955. The lowest BCUT2D eigenvalue weighted by molar-refractivity contribution is -0.130. The average Bonchev–Trinajstić information content (AvgIpc) is 2.53. The van der Waals surface area contributed by atoms with Gasteiger partial charge in [-0.3, -0.25) is 4.79 Å². The molecule has 0 bridgehead atoms. The summed E-state index contributed by atoms with van der Waals surface area (Å²) in [7, 11) is 0. The van der Waals surface area contributed by atoms with Gasteiger partial charge in [-0.1, -0.05) is 23.7 Å². The van der Waals surface area contributed by atoms with E-state index in [2.05, 4.69) is 10.6 Å². The maximum atomic E-state index is 11.9. The molecule has 0 aliphatic carbocycles. The lowest BCUT2D eigenvalue weighted by Gasteiger charge is -2.26. The zero-order valence-corrected chi connectivity index (χ0v) is 13.4. The Kier molecular flexibility index (Phi) is 6.52. The van der Waals surface area contributed by atoms with E-state index in [1.54, 1.807) is 0 Å². The van der Waals surface area contributed by atoms with Crippen LogP contribution in [0, 0.1) is 0 Å². The number of urea groups is 1. The van der Waals surface area contributed by atoms with Crippen LogP contribution >= 0.6 is 11.6 Å². The fourth-order valence-corrected chi connectivity index (χ4v) is 2.70. The smallest absolute Gasteiger partial charge is 0.315 e. The molecule has 0 radical (unpaired) electrons. The molecule has 1 aromatic rings. The largest absolute Gasteiger partial charge is 0.341 e. The first kappa shape index (κ1) is 16.6. The number of likely N-dealkylation sites (tertiary alicyclic amines) is 1. The van der Waals surface area contributed by atoms with Crippen molar-refractivity contribution in [1.29, 1.82) is 0 Å². The quantitative estimate of drug-likeness (QED) is 0.872. The van der Waals surface area contributed by atoms with E-state index in [1.165, 1.54) is 6.42 Å². The molecule has 1 aromatic carbocycles. The van der Waals surface area contributed by atoms with Gasteiger partial charge in [-0.15, -0.1) is 0 Å². The van der Waals surface area contributed by atoms with Crippen LogP contribution in [0.3, 0.4) is 0 Å². The monoisotopic (exact) mass is 323 g/mol. The van der Waals surface area contributed by atoms with E-state index >= 15 is 0 Å². The van der Waals surface area contributed by atoms with Crippen molar-refractivity contribution in [3.8, 4) is 0 Å². The Bertz CT molecular complexity index is 516. The number of halogens is 1. The van der Waals surface area contributed by atoms with E-state index in [-0.39, 0.29) is 18.5 Å². The van der Waals surface area contributed by atoms with Crippen molar-refractivity contribution in [2.75, 3.05) is 26.2 Å². The second-order valence-electron chi connectivity index (χ2n) is 5.43. The highest BCUT2D eigenvalue weighted by Gasteiger charge is 2.16. The molecule has 1 heterocycles. The summed E-state index contributed by atoms with van der Waals surface area (Å²) in [6.45, 7) is 2.17. The van der Waals surface area contributed by atoms with Crippen molar-refractivity contribution in [3.05, 3.63) is 34.9 Å². The predicted molar refractivity (Wildman–Crippen MR) is 87.0 cm³/mol. The number of hydrogen-bond acceptors (Lipinski definition) is 2. The fourth-order valence-electron chi connectivity index (χ4n) is 2.49. The van der Waals surface area contributed by atoms with Crippen LogP contribution in [0.15, 0.2) is 24.3 Å². The summed E-state index contributed by atoms with van der Waals surface area (Å²) in [5.74, 6) is -0.00955. The van der Waals surface area contributed by atoms with Gasteiger partial charge in [0.05, 0.1) is 6.54 Å². The maximum Gasteiger partial charge on any atom is 0.315 e. The van der Waals surface area contributed by atoms with Gasteiger partial charge >= 0.3 is 6.03 Å². The first-order valence-corrected chi connectivity index (χ1v) is 8.07. The molecule has 0 unspecified atom stereocenters. The number of carbonyl (C=O) groups is 2. The second kappa shape index (κ2) is 8.63. The predicted octanol–water partition coefficient (Wildman–Crippen LogP) is 2.19. The first-order valence-electron chi connectivity index (χ1n) is 7.69. The lowest BCUT2D eigenvalue weighted by atomic mass is 10.1.